The van der Waals surface area contributed by atoms with Crippen molar-refractivity contribution in [1.82, 2.24) is 0 Å². The number of furan rings is 1. The number of benzene rings is 10. The van der Waals surface area contributed by atoms with Crippen LogP contribution in [-0.2, 0) is 5.41 Å². The second-order valence-corrected chi connectivity index (χ2v) is 21.2. The Kier molecular flexibility index (Phi) is 11.5. The third kappa shape index (κ3) is 8.28. The van der Waals surface area contributed by atoms with E-state index in [2.05, 4.69) is 261 Å². The van der Waals surface area contributed by atoms with Crippen molar-refractivity contribution in [2.75, 3.05) is 15.1 Å². The van der Waals surface area contributed by atoms with E-state index in [0.717, 1.165) is 89.8 Å². The highest BCUT2D eigenvalue weighted by atomic mass is 32.1. The Balaban J connectivity index is 0.940. The number of nitrogens with one attached hydrogen (secondary N) is 1. The molecule has 0 atom stereocenters. The summed E-state index contributed by atoms with van der Waals surface area (Å²) in [7, 11) is 0. The first-order valence-electron chi connectivity index (χ1n) is 25.7. The summed E-state index contributed by atoms with van der Waals surface area (Å²) in [6.07, 6.45) is 7.46. The van der Waals surface area contributed by atoms with Crippen LogP contribution >= 0.6 is 11.3 Å². The van der Waals surface area contributed by atoms with Gasteiger partial charge in [0.05, 0.1) is 6.26 Å². The van der Waals surface area contributed by atoms with Crippen molar-refractivity contribution < 1.29 is 4.42 Å². The van der Waals surface area contributed by atoms with Gasteiger partial charge in [-0.2, -0.15) is 0 Å². The molecule has 0 amide bonds. The lowest BCUT2D eigenvalue weighted by Gasteiger charge is -2.30. The van der Waals surface area contributed by atoms with Crippen LogP contribution in [0, 0.1) is 0 Å². The number of hydrogen-bond donors (Lipinski definition) is 1. The van der Waals surface area contributed by atoms with Crippen LogP contribution in [0.5, 0.6) is 0 Å². The SMILES string of the molecule is C=Cc1ccc(N(c2ccc(-c3ccccc3)cc2)c2cc(-c3ccc4sc5cc(Nc6ccc7c(c6)C(C)(C)c6cc(C=C)ccc6-7)ccc5c4c3)cc(N(c3ccc(C=C)cc3)c3ccc4occc4c3)c2)cc1. The molecule has 0 bridgehead atoms. The van der Waals surface area contributed by atoms with E-state index in [1.54, 1.807) is 6.26 Å². The van der Waals surface area contributed by atoms with E-state index in [0.29, 0.717) is 0 Å². The van der Waals surface area contributed by atoms with E-state index >= 15 is 0 Å². The molecule has 1 aliphatic carbocycles. The van der Waals surface area contributed by atoms with Crippen molar-refractivity contribution in [3.8, 4) is 33.4 Å². The zero-order valence-corrected chi connectivity index (χ0v) is 43.2. The molecule has 4 nitrogen and oxygen atoms in total. The predicted octanol–water partition coefficient (Wildman–Crippen LogP) is 21.1. The standard InChI is InChI=1S/C71H53N3OS/c1-6-46-14-24-56(25-15-46)73(58-28-19-50(20-29-58)49-12-10-9-11-13-49)60-40-53(41-61(45-60)74(57-26-16-47(7-2)17-27-57)59-30-34-68-52(39-59)36-37-75-68)51-21-35-69-65(42-51)64-33-23-55(44-70(64)76-69)72-54-22-32-63-62-31-18-48(8-3)38-66(62)71(4,5)67(63)43-54/h6-45,72H,1-3H2,4-5H3. The fourth-order valence-electron chi connectivity index (χ4n) is 11.1. The summed E-state index contributed by atoms with van der Waals surface area (Å²) in [5.74, 6) is 0. The molecule has 2 aromatic heterocycles. The van der Waals surface area contributed by atoms with Gasteiger partial charge in [-0.25, -0.2) is 0 Å². The third-order valence-corrected chi connectivity index (χ3v) is 16.3. The smallest absolute Gasteiger partial charge is 0.133 e. The highest BCUT2D eigenvalue weighted by molar-refractivity contribution is 7.25. The molecule has 0 unspecified atom stereocenters. The molecule has 364 valence electrons. The van der Waals surface area contributed by atoms with Gasteiger partial charge in [0.15, 0.2) is 0 Å². The first kappa shape index (κ1) is 46.4. The average molecular weight is 996 g/mol. The lowest BCUT2D eigenvalue weighted by atomic mass is 9.82. The Morgan fingerprint density at radius 1 is 0.421 bits per heavy atom. The van der Waals surface area contributed by atoms with Crippen LogP contribution in [0.15, 0.2) is 249 Å². The van der Waals surface area contributed by atoms with Gasteiger partial charge in [0.1, 0.15) is 5.58 Å². The van der Waals surface area contributed by atoms with Gasteiger partial charge < -0.3 is 19.5 Å². The maximum atomic E-state index is 5.86. The topological polar surface area (TPSA) is 31.6 Å². The monoisotopic (exact) mass is 995 g/mol. The normalized spacial score (nSPS) is 12.3. The number of anilines is 8. The minimum atomic E-state index is -0.123. The van der Waals surface area contributed by atoms with Crippen LogP contribution in [-0.4, -0.2) is 0 Å². The van der Waals surface area contributed by atoms with Gasteiger partial charge in [0.2, 0.25) is 0 Å². The summed E-state index contributed by atoms with van der Waals surface area (Å²) >= 11 is 1.83. The molecule has 76 heavy (non-hydrogen) atoms. The quantitative estimate of drug-likeness (QED) is 0.125. The van der Waals surface area contributed by atoms with E-state index in [9.17, 15) is 0 Å². The molecule has 10 aromatic carbocycles. The van der Waals surface area contributed by atoms with Crippen LogP contribution in [0.25, 0.3) is 82.8 Å². The predicted molar refractivity (Wildman–Crippen MR) is 327 cm³/mol. The summed E-state index contributed by atoms with van der Waals surface area (Å²) in [6.45, 7) is 16.8. The van der Waals surface area contributed by atoms with Crippen LogP contribution in [0.2, 0.25) is 0 Å². The molecule has 13 rings (SSSR count). The van der Waals surface area contributed by atoms with Gasteiger partial charge in [-0.3, -0.25) is 0 Å². The fourth-order valence-corrected chi connectivity index (χ4v) is 12.2. The van der Waals surface area contributed by atoms with Gasteiger partial charge in [-0.1, -0.05) is 155 Å². The van der Waals surface area contributed by atoms with Crippen molar-refractivity contribution >= 4 is 106 Å². The van der Waals surface area contributed by atoms with E-state index in [1.807, 2.05) is 35.6 Å². The molecule has 12 aromatic rings. The molecule has 1 N–H and O–H groups in total. The van der Waals surface area contributed by atoms with Gasteiger partial charge in [-0.15, -0.1) is 11.3 Å². The van der Waals surface area contributed by atoms with Gasteiger partial charge >= 0.3 is 0 Å². The minimum absolute atomic E-state index is 0.123. The largest absolute Gasteiger partial charge is 0.464 e. The van der Waals surface area contributed by atoms with E-state index in [4.69, 9.17) is 4.42 Å². The van der Waals surface area contributed by atoms with Crippen LogP contribution in [0.3, 0.4) is 0 Å². The lowest BCUT2D eigenvalue weighted by molar-refractivity contribution is 0.616. The van der Waals surface area contributed by atoms with Gasteiger partial charge in [-0.05, 0) is 176 Å². The number of rotatable bonds is 13. The second kappa shape index (κ2) is 18.8. The Labute approximate surface area is 448 Å². The molecule has 0 aliphatic heterocycles. The highest BCUT2D eigenvalue weighted by Gasteiger charge is 2.35. The number of hydrogen-bond acceptors (Lipinski definition) is 5. The third-order valence-electron chi connectivity index (χ3n) is 15.1. The number of nitrogens with zero attached hydrogens (tertiary/aromatic N) is 2. The Morgan fingerprint density at radius 2 is 0.987 bits per heavy atom. The molecular formula is C71H53N3OS. The lowest BCUT2D eigenvalue weighted by Crippen LogP contribution is -2.15. The maximum absolute atomic E-state index is 5.86. The van der Waals surface area contributed by atoms with Crippen molar-refractivity contribution in [3.05, 3.63) is 272 Å². The van der Waals surface area contributed by atoms with E-state index in [1.165, 1.54) is 48.0 Å². The van der Waals surface area contributed by atoms with Gasteiger partial charge in [0.25, 0.3) is 0 Å². The minimum Gasteiger partial charge on any atom is -0.464 e. The van der Waals surface area contributed by atoms with Crippen LogP contribution in [0.4, 0.5) is 45.5 Å². The molecule has 5 heteroatoms. The summed E-state index contributed by atoms with van der Waals surface area (Å²) in [6, 6.07) is 79.3. The van der Waals surface area contributed by atoms with Crippen molar-refractivity contribution in [2.24, 2.45) is 0 Å². The average Bonchev–Trinajstić information content (AvgIpc) is 4.16. The van der Waals surface area contributed by atoms with Crippen LogP contribution < -0.4 is 15.1 Å². The van der Waals surface area contributed by atoms with Crippen molar-refractivity contribution in [1.29, 1.82) is 0 Å². The van der Waals surface area contributed by atoms with Crippen molar-refractivity contribution in [3.63, 3.8) is 0 Å². The van der Waals surface area contributed by atoms with E-state index in [-0.39, 0.29) is 5.41 Å². The molecule has 0 saturated carbocycles. The van der Waals surface area contributed by atoms with E-state index < -0.39 is 0 Å². The molecule has 0 fully saturated rings. The number of fused-ring (bicyclic) bond motifs is 7. The molecule has 0 radical (unpaired) electrons. The summed E-state index contributed by atoms with van der Waals surface area (Å²) in [4.78, 5) is 4.70. The molecule has 0 spiro atoms. The fraction of sp³-hybridized carbons (Fsp3) is 0.0423. The Bertz CT molecular complexity index is 4220. The highest BCUT2D eigenvalue weighted by Crippen LogP contribution is 2.51. The summed E-state index contributed by atoms with van der Waals surface area (Å²) in [5, 5.41) is 7.26. The summed E-state index contributed by atoms with van der Waals surface area (Å²) in [5.41, 5.74) is 22.0. The zero-order chi connectivity index (χ0) is 51.5. The zero-order valence-electron chi connectivity index (χ0n) is 42.4. The summed E-state index contributed by atoms with van der Waals surface area (Å²) < 4.78 is 8.32. The molecule has 1 aliphatic rings. The molecule has 2 heterocycles. The Morgan fingerprint density at radius 3 is 1.67 bits per heavy atom. The molecular weight excluding hydrogens is 943 g/mol. The number of thiophene rings is 1. The van der Waals surface area contributed by atoms with Crippen LogP contribution in [0.1, 0.15) is 41.7 Å². The second-order valence-electron chi connectivity index (χ2n) is 20.1. The first-order chi connectivity index (χ1) is 37.2. The van der Waals surface area contributed by atoms with Crippen molar-refractivity contribution in [2.45, 2.75) is 19.3 Å². The Hall–Kier alpha value is -9.42. The van der Waals surface area contributed by atoms with Gasteiger partial charge in [0, 0.05) is 76.5 Å². The molecule has 0 saturated heterocycles. The first-order valence-corrected chi connectivity index (χ1v) is 26.5. The maximum Gasteiger partial charge on any atom is 0.133 e.